The molecule has 0 unspecified atom stereocenters. The Kier molecular flexibility index (Phi) is 9.53. The molecule has 2 heterocycles. The van der Waals surface area contributed by atoms with Crippen molar-refractivity contribution in [3.05, 3.63) is 77.5 Å². The van der Waals surface area contributed by atoms with Crippen molar-refractivity contribution in [1.82, 2.24) is 20.1 Å². The number of amides is 1. The van der Waals surface area contributed by atoms with Crippen LogP contribution in [0, 0.1) is 0 Å². The van der Waals surface area contributed by atoms with Crippen molar-refractivity contribution in [3.8, 4) is 11.5 Å². The van der Waals surface area contributed by atoms with E-state index in [0.717, 1.165) is 49.9 Å². The third-order valence-electron chi connectivity index (χ3n) is 6.64. The highest BCUT2D eigenvalue weighted by molar-refractivity contribution is 5.91. The van der Waals surface area contributed by atoms with Gasteiger partial charge in [0.1, 0.15) is 17.8 Å². The second-order valence-corrected chi connectivity index (χ2v) is 9.01. The molecule has 1 aromatic heterocycles. The van der Waals surface area contributed by atoms with Crippen LogP contribution in [0.3, 0.4) is 0 Å². The molecule has 37 heavy (non-hydrogen) atoms. The van der Waals surface area contributed by atoms with Gasteiger partial charge in [-0.15, -0.1) is 0 Å². The minimum Gasteiger partial charge on any atom is -0.497 e. The molecular formula is C28H36N4O5. The average Bonchev–Trinajstić information content (AvgIpc) is 3.42. The van der Waals surface area contributed by atoms with Crippen LogP contribution < -0.4 is 14.8 Å². The maximum atomic E-state index is 12.7. The first-order chi connectivity index (χ1) is 18.1. The Hall–Kier alpha value is -3.40. The topological polar surface area (TPSA) is 89.3 Å². The summed E-state index contributed by atoms with van der Waals surface area (Å²) in [5.41, 5.74) is 2.47. The zero-order valence-corrected chi connectivity index (χ0v) is 21.8. The summed E-state index contributed by atoms with van der Waals surface area (Å²) in [4.78, 5) is 21.7. The molecular weight excluding hydrogens is 472 g/mol. The Morgan fingerprint density at radius 2 is 1.89 bits per heavy atom. The van der Waals surface area contributed by atoms with Crippen molar-refractivity contribution in [1.29, 1.82) is 0 Å². The summed E-state index contributed by atoms with van der Waals surface area (Å²) in [6.45, 7) is 7.74. The molecule has 198 valence electrons. The molecule has 0 saturated carbocycles. The first-order valence-electron chi connectivity index (χ1n) is 12.6. The van der Waals surface area contributed by atoms with Gasteiger partial charge in [0.15, 0.2) is 5.69 Å². The van der Waals surface area contributed by atoms with Gasteiger partial charge in [-0.25, -0.2) is 4.98 Å². The number of benzene rings is 2. The molecule has 0 spiro atoms. The van der Waals surface area contributed by atoms with Crippen LogP contribution in [0.15, 0.2) is 59.2 Å². The molecule has 0 radical (unpaired) electrons. The van der Waals surface area contributed by atoms with Crippen LogP contribution in [0.4, 0.5) is 0 Å². The number of ether oxygens (including phenoxy) is 3. The molecule has 1 aliphatic heterocycles. The quantitative estimate of drug-likeness (QED) is 0.398. The molecule has 9 heteroatoms. The Labute approximate surface area is 218 Å². The van der Waals surface area contributed by atoms with Gasteiger partial charge in [-0.1, -0.05) is 36.4 Å². The third-order valence-corrected chi connectivity index (χ3v) is 6.64. The maximum Gasteiger partial charge on any atom is 0.273 e. The Balaban J connectivity index is 1.45. The van der Waals surface area contributed by atoms with Gasteiger partial charge < -0.3 is 23.9 Å². The molecule has 2 aromatic carbocycles. The normalized spacial score (nSPS) is 14.9. The SMILES string of the molecule is COc1ccc(CN(Cc2nc(C(=O)NCCN3CCOCC3)co2)[C@H](C)c2ccccc2)c(OC)c1. The maximum absolute atomic E-state index is 12.7. The summed E-state index contributed by atoms with van der Waals surface area (Å²) in [5.74, 6) is 1.73. The molecule has 1 saturated heterocycles. The molecule has 4 rings (SSSR count). The third kappa shape index (κ3) is 7.31. The van der Waals surface area contributed by atoms with Crippen LogP contribution >= 0.6 is 0 Å². The van der Waals surface area contributed by atoms with E-state index in [-0.39, 0.29) is 17.6 Å². The van der Waals surface area contributed by atoms with E-state index in [4.69, 9.17) is 18.6 Å². The summed E-state index contributed by atoms with van der Waals surface area (Å²) in [5, 5.41) is 2.94. The monoisotopic (exact) mass is 508 g/mol. The first kappa shape index (κ1) is 26.7. The standard InChI is InChI=1S/C28H36N4O5/c1-21(22-7-5-4-6-8-22)32(18-23-9-10-24(34-2)17-26(23)35-3)19-27-30-25(20-37-27)28(33)29-11-12-31-13-15-36-16-14-31/h4-10,17,20-21H,11-16,18-19H2,1-3H3,(H,29,33)/t21-/m1/s1. The number of carbonyl (C=O) groups is 1. The van der Waals surface area contributed by atoms with Crippen LogP contribution in [-0.4, -0.2) is 74.3 Å². The summed E-state index contributed by atoms with van der Waals surface area (Å²) < 4.78 is 22.1. The number of rotatable bonds is 12. The van der Waals surface area contributed by atoms with Gasteiger partial charge in [-0.2, -0.15) is 0 Å². The largest absolute Gasteiger partial charge is 0.497 e. The fourth-order valence-electron chi connectivity index (χ4n) is 4.38. The van der Waals surface area contributed by atoms with Crippen molar-refractivity contribution in [2.45, 2.75) is 26.1 Å². The minimum atomic E-state index is -0.234. The second-order valence-electron chi connectivity index (χ2n) is 9.01. The van der Waals surface area contributed by atoms with Gasteiger partial charge in [0.25, 0.3) is 5.91 Å². The van der Waals surface area contributed by atoms with E-state index >= 15 is 0 Å². The van der Waals surface area contributed by atoms with E-state index in [2.05, 4.69) is 39.2 Å². The zero-order valence-electron chi connectivity index (χ0n) is 21.8. The van der Waals surface area contributed by atoms with Crippen LogP contribution in [-0.2, 0) is 17.8 Å². The molecule has 0 aliphatic carbocycles. The van der Waals surface area contributed by atoms with E-state index in [1.165, 1.54) is 11.8 Å². The second kappa shape index (κ2) is 13.2. The number of nitrogens with zero attached hydrogens (tertiary/aromatic N) is 3. The molecule has 1 fully saturated rings. The van der Waals surface area contributed by atoms with Crippen LogP contribution in [0.2, 0.25) is 0 Å². The molecule has 1 atom stereocenters. The molecule has 1 amide bonds. The predicted octanol–water partition coefficient (Wildman–Crippen LogP) is 3.52. The minimum absolute atomic E-state index is 0.0608. The highest BCUT2D eigenvalue weighted by Gasteiger charge is 2.22. The van der Waals surface area contributed by atoms with Crippen LogP contribution in [0.1, 0.15) is 40.5 Å². The number of hydrogen-bond acceptors (Lipinski definition) is 8. The Morgan fingerprint density at radius 1 is 1.11 bits per heavy atom. The van der Waals surface area contributed by atoms with Crippen molar-refractivity contribution >= 4 is 5.91 Å². The smallest absolute Gasteiger partial charge is 0.273 e. The van der Waals surface area contributed by atoms with Crippen LogP contribution in [0.25, 0.3) is 0 Å². The molecule has 1 N–H and O–H groups in total. The van der Waals surface area contributed by atoms with E-state index in [1.54, 1.807) is 14.2 Å². The number of nitrogens with one attached hydrogen (secondary N) is 1. The van der Waals surface area contributed by atoms with Gasteiger partial charge in [0.2, 0.25) is 5.89 Å². The van der Waals surface area contributed by atoms with Crippen molar-refractivity contribution in [2.75, 3.05) is 53.6 Å². The molecule has 0 bridgehead atoms. The lowest BCUT2D eigenvalue weighted by molar-refractivity contribution is 0.0383. The fraction of sp³-hybridized carbons (Fsp3) is 0.429. The zero-order chi connectivity index (χ0) is 26.0. The molecule has 9 nitrogen and oxygen atoms in total. The number of aromatic nitrogens is 1. The number of hydrogen-bond donors (Lipinski definition) is 1. The highest BCUT2D eigenvalue weighted by Crippen LogP contribution is 2.30. The molecule has 3 aromatic rings. The van der Waals surface area contributed by atoms with Crippen molar-refractivity contribution in [2.24, 2.45) is 0 Å². The number of morpholine rings is 1. The molecule has 1 aliphatic rings. The average molecular weight is 509 g/mol. The lowest BCUT2D eigenvalue weighted by Crippen LogP contribution is -2.41. The van der Waals surface area contributed by atoms with E-state index < -0.39 is 0 Å². The van der Waals surface area contributed by atoms with Crippen molar-refractivity contribution in [3.63, 3.8) is 0 Å². The van der Waals surface area contributed by atoms with Gasteiger partial charge in [0, 0.05) is 50.4 Å². The number of carbonyl (C=O) groups excluding carboxylic acids is 1. The van der Waals surface area contributed by atoms with Gasteiger partial charge >= 0.3 is 0 Å². The summed E-state index contributed by atoms with van der Waals surface area (Å²) >= 11 is 0. The first-order valence-corrected chi connectivity index (χ1v) is 12.6. The number of oxazole rings is 1. The van der Waals surface area contributed by atoms with E-state index in [0.29, 0.717) is 25.5 Å². The number of methoxy groups -OCH3 is 2. The van der Waals surface area contributed by atoms with E-state index in [1.807, 2.05) is 36.4 Å². The summed E-state index contributed by atoms with van der Waals surface area (Å²) in [7, 11) is 3.29. The summed E-state index contributed by atoms with van der Waals surface area (Å²) in [6, 6.07) is 16.1. The van der Waals surface area contributed by atoms with Crippen LogP contribution in [0.5, 0.6) is 11.5 Å². The van der Waals surface area contributed by atoms with Gasteiger partial charge in [0.05, 0.1) is 34.0 Å². The van der Waals surface area contributed by atoms with Gasteiger partial charge in [-0.3, -0.25) is 14.6 Å². The van der Waals surface area contributed by atoms with Gasteiger partial charge in [-0.05, 0) is 18.6 Å². The Morgan fingerprint density at radius 3 is 2.62 bits per heavy atom. The highest BCUT2D eigenvalue weighted by atomic mass is 16.5. The predicted molar refractivity (Wildman–Crippen MR) is 140 cm³/mol. The van der Waals surface area contributed by atoms with Crippen molar-refractivity contribution < 1.29 is 23.4 Å². The lowest BCUT2D eigenvalue weighted by atomic mass is 10.1. The Bertz CT molecular complexity index is 1130. The van der Waals surface area contributed by atoms with E-state index in [9.17, 15) is 4.79 Å². The summed E-state index contributed by atoms with van der Waals surface area (Å²) in [6.07, 6.45) is 1.43. The fourth-order valence-corrected chi connectivity index (χ4v) is 4.38. The lowest BCUT2D eigenvalue weighted by Gasteiger charge is -2.29.